The van der Waals surface area contributed by atoms with Crippen LogP contribution in [0.5, 0.6) is 0 Å². The monoisotopic (exact) mass is 490 g/mol. The standard InChI is InChI=1S/C18H15Cl3N2O2P2S/c19-26(16-10-4-1-5-11-16,17-12-6-2-7-13-17)22-27(20,21)23-28(24,25)18-14-8-3-9-15-18/h1-15H. The van der Waals surface area contributed by atoms with Crippen LogP contribution in [0, 0.1) is 0 Å². The molecule has 0 atom stereocenters. The van der Waals surface area contributed by atoms with Crippen LogP contribution in [-0.2, 0) is 10.0 Å². The highest BCUT2D eigenvalue weighted by molar-refractivity contribution is 8.17. The van der Waals surface area contributed by atoms with Gasteiger partial charge in [0.2, 0.25) is 0 Å². The molecule has 28 heavy (non-hydrogen) atoms. The maximum Gasteiger partial charge on any atom is 0.284 e. The van der Waals surface area contributed by atoms with Crippen LogP contribution in [0.3, 0.4) is 0 Å². The zero-order valence-corrected chi connectivity index (χ0v) is 19.2. The summed E-state index contributed by atoms with van der Waals surface area (Å²) in [6, 6.07) is 26.0. The predicted molar refractivity (Wildman–Crippen MR) is 122 cm³/mol. The van der Waals surface area contributed by atoms with Gasteiger partial charge in [0.25, 0.3) is 15.9 Å². The van der Waals surface area contributed by atoms with Crippen molar-refractivity contribution in [3.63, 3.8) is 0 Å². The summed E-state index contributed by atoms with van der Waals surface area (Å²) in [6.45, 7) is 0. The van der Waals surface area contributed by atoms with E-state index in [4.69, 9.17) is 33.7 Å². The summed E-state index contributed by atoms with van der Waals surface area (Å²) < 4.78 is 33.4. The van der Waals surface area contributed by atoms with E-state index in [-0.39, 0.29) is 4.90 Å². The molecule has 0 spiro atoms. The summed E-state index contributed by atoms with van der Waals surface area (Å²) in [4.78, 5) is -0.00574. The van der Waals surface area contributed by atoms with Gasteiger partial charge in [-0.25, -0.2) is 4.52 Å². The molecule has 0 aliphatic rings. The first-order chi connectivity index (χ1) is 13.2. The normalized spacial score (nSPS) is 12.4. The van der Waals surface area contributed by atoms with E-state index in [0.29, 0.717) is 10.6 Å². The van der Waals surface area contributed by atoms with Crippen molar-refractivity contribution in [1.29, 1.82) is 0 Å². The molecule has 0 aliphatic heterocycles. The molecule has 0 aromatic heterocycles. The van der Waals surface area contributed by atoms with Crippen molar-refractivity contribution in [2.24, 2.45) is 8.67 Å². The molecule has 0 bridgehead atoms. The first-order valence-corrected chi connectivity index (χ1v) is 15.6. The Morgan fingerprint density at radius 3 is 1.46 bits per heavy atom. The van der Waals surface area contributed by atoms with Crippen molar-refractivity contribution in [1.82, 2.24) is 0 Å². The van der Waals surface area contributed by atoms with E-state index in [1.807, 2.05) is 60.7 Å². The van der Waals surface area contributed by atoms with Gasteiger partial charge in [-0.2, -0.15) is 8.42 Å². The van der Waals surface area contributed by atoms with Crippen molar-refractivity contribution in [3.8, 4) is 0 Å². The van der Waals surface area contributed by atoms with Crippen molar-refractivity contribution < 1.29 is 8.42 Å². The van der Waals surface area contributed by atoms with Crippen molar-refractivity contribution in [2.75, 3.05) is 0 Å². The third kappa shape index (κ3) is 5.10. The molecule has 3 rings (SSSR count). The molecule has 10 heteroatoms. The van der Waals surface area contributed by atoms with E-state index in [1.165, 1.54) is 12.1 Å². The highest BCUT2D eigenvalue weighted by Gasteiger charge is 2.28. The summed E-state index contributed by atoms with van der Waals surface area (Å²) in [6.07, 6.45) is -2.95. The van der Waals surface area contributed by atoms with Crippen molar-refractivity contribution >= 4 is 66.7 Å². The number of benzene rings is 3. The molecule has 0 radical (unpaired) electrons. The van der Waals surface area contributed by atoms with Gasteiger partial charge in [0.15, 0.2) is 0 Å². The average molecular weight is 492 g/mol. The molecule has 0 saturated heterocycles. The fourth-order valence-electron chi connectivity index (χ4n) is 2.44. The second-order valence-corrected chi connectivity index (χ2v) is 16.3. The smallest absolute Gasteiger partial charge is 0.211 e. The molecule has 0 amide bonds. The van der Waals surface area contributed by atoms with Crippen molar-refractivity contribution in [2.45, 2.75) is 4.90 Å². The number of sulfonamides is 1. The van der Waals surface area contributed by atoms with Crippen LogP contribution in [0.1, 0.15) is 0 Å². The number of halogens is 3. The molecule has 0 aliphatic carbocycles. The Kier molecular flexibility index (Phi) is 6.76. The van der Waals surface area contributed by atoms with Gasteiger partial charge < -0.3 is 0 Å². The van der Waals surface area contributed by atoms with E-state index in [0.717, 1.165) is 0 Å². The Bertz CT molecular complexity index is 1120. The molecular weight excluding hydrogens is 477 g/mol. The summed E-state index contributed by atoms with van der Waals surface area (Å²) in [5.41, 5.74) is 0. The Labute approximate surface area is 179 Å². The van der Waals surface area contributed by atoms with Crippen LogP contribution in [0.15, 0.2) is 105 Å². The molecule has 146 valence electrons. The van der Waals surface area contributed by atoms with E-state index >= 15 is 0 Å². The second-order valence-electron chi connectivity index (χ2n) is 5.64. The number of hydrogen-bond acceptors (Lipinski definition) is 2. The quantitative estimate of drug-likeness (QED) is 0.368. The van der Waals surface area contributed by atoms with Gasteiger partial charge in [0.1, 0.15) is 6.41 Å². The largest absolute Gasteiger partial charge is 0.284 e. The molecule has 3 aromatic carbocycles. The first-order valence-electron chi connectivity index (χ1n) is 8.01. The summed E-state index contributed by atoms with van der Waals surface area (Å²) >= 11 is 19.7. The fraction of sp³-hybridized carbons (Fsp3) is 0. The molecule has 0 fully saturated rings. The molecular formula is C18H15Cl3N2O2P2S. The number of nitrogens with zero attached hydrogens (tertiary/aromatic N) is 2. The third-order valence-corrected chi connectivity index (χ3v) is 14.1. The van der Waals surface area contributed by atoms with Gasteiger partial charge in [-0.15, -0.1) is 4.15 Å². The van der Waals surface area contributed by atoms with Crippen molar-refractivity contribution in [3.05, 3.63) is 91.0 Å². The predicted octanol–water partition coefficient (Wildman–Crippen LogP) is 6.81. The summed E-state index contributed by atoms with van der Waals surface area (Å²) in [5, 5.41) is 1.42. The van der Waals surface area contributed by atoms with Crippen LogP contribution in [0.4, 0.5) is 0 Å². The SMILES string of the molecule is O=S(=O)(N=P(Cl)(Cl)N=P(Cl)(c1ccccc1)c1ccccc1)c1ccccc1. The van der Waals surface area contributed by atoms with Crippen LogP contribution in [-0.4, -0.2) is 8.42 Å². The summed E-state index contributed by atoms with van der Waals surface area (Å²) in [5.74, 6) is -3.66. The van der Waals surface area contributed by atoms with Gasteiger partial charge in [-0.05, 0) is 34.6 Å². The lowest BCUT2D eigenvalue weighted by Crippen LogP contribution is -2.11. The Morgan fingerprint density at radius 1 is 0.643 bits per heavy atom. The minimum atomic E-state index is -4.08. The Hall–Kier alpha value is -1.06. The number of rotatable bonds is 5. The van der Waals surface area contributed by atoms with E-state index in [2.05, 4.69) is 8.67 Å². The lowest BCUT2D eigenvalue weighted by atomic mass is 10.4. The van der Waals surface area contributed by atoms with Gasteiger partial charge in [-0.3, -0.25) is 0 Å². The maximum absolute atomic E-state index is 12.6. The number of hydrogen-bond donors (Lipinski definition) is 0. The minimum absolute atomic E-state index is 0.00574. The second kappa shape index (κ2) is 8.75. The first kappa shape index (κ1) is 21.6. The zero-order chi connectivity index (χ0) is 20.3. The maximum atomic E-state index is 12.6. The molecule has 4 nitrogen and oxygen atoms in total. The van der Waals surface area contributed by atoms with E-state index in [1.54, 1.807) is 18.2 Å². The van der Waals surface area contributed by atoms with Gasteiger partial charge >= 0.3 is 0 Å². The van der Waals surface area contributed by atoms with Gasteiger partial charge in [0.05, 0.1) is 4.90 Å². The zero-order valence-electron chi connectivity index (χ0n) is 14.3. The highest BCUT2D eigenvalue weighted by atomic mass is 35.9. The summed E-state index contributed by atoms with van der Waals surface area (Å²) in [7, 11) is -4.08. The topological polar surface area (TPSA) is 58.9 Å². The van der Waals surface area contributed by atoms with Gasteiger partial charge in [0, 0.05) is 10.6 Å². The van der Waals surface area contributed by atoms with Crippen LogP contribution in [0.2, 0.25) is 0 Å². The van der Waals surface area contributed by atoms with E-state index < -0.39 is 22.3 Å². The lowest BCUT2D eigenvalue weighted by Gasteiger charge is -2.20. The van der Waals surface area contributed by atoms with Crippen LogP contribution < -0.4 is 10.6 Å². The van der Waals surface area contributed by atoms with Gasteiger partial charge in [-0.1, -0.05) is 90.1 Å². The lowest BCUT2D eigenvalue weighted by molar-refractivity contribution is 0.598. The molecule has 0 N–H and O–H groups in total. The molecule has 0 heterocycles. The average Bonchev–Trinajstić information content (AvgIpc) is 2.69. The molecule has 3 aromatic rings. The van der Waals surface area contributed by atoms with Crippen LogP contribution in [0.25, 0.3) is 0 Å². The third-order valence-electron chi connectivity index (χ3n) is 3.67. The van der Waals surface area contributed by atoms with E-state index in [9.17, 15) is 8.42 Å². The molecule has 0 unspecified atom stereocenters. The van der Waals surface area contributed by atoms with Crippen LogP contribution >= 0.6 is 46.0 Å². The Balaban J connectivity index is 2.23. The Morgan fingerprint density at radius 2 is 1.04 bits per heavy atom. The molecule has 0 saturated carbocycles. The highest BCUT2D eigenvalue weighted by Crippen LogP contribution is 2.71. The fourth-order valence-corrected chi connectivity index (χ4v) is 13.7. The minimum Gasteiger partial charge on any atom is -0.211 e.